The quantitative estimate of drug-likeness (QED) is 0.690. The smallest absolute Gasteiger partial charge is 0.211 e. The summed E-state index contributed by atoms with van der Waals surface area (Å²) in [6.45, 7) is 5.53. The number of aromatic nitrogens is 2. The van der Waals surface area contributed by atoms with Gasteiger partial charge in [-0.3, -0.25) is 0 Å². The summed E-state index contributed by atoms with van der Waals surface area (Å²) < 4.78 is 24.4. The van der Waals surface area contributed by atoms with Crippen LogP contribution in [0.3, 0.4) is 0 Å². The van der Waals surface area contributed by atoms with Gasteiger partial charge in [-0.2, -0.15) is 9.40 Å². The molecule has 0 radical (unpaired) electrons. The van der Waals surface area contributed by atoms with E-state index in [1.807, 2.05) is 19.1 Å². The molecule has 134 valence electrons. The number of nitrogens with zero attached hydrogens (tertiary/aromatic N) is 4. The number of aliphatic hydroxyl groups is 1. The summed E-state index contributed by atoms with van der Waals surface area (Å²) in [5.74, 6) is 1.40. The lowest BCUT2D eigenvalue weighted by molar-refractivity contribution is 0.0546. The van der Waals surface area contributed by atoms with E-state index in [9.17, 15) is 13.5 Å². The fourth-order valence-electron chi connectivity index (χ4n) is 3.20. The van der Waals surface area contributed by atoms with Gasteiger partial charge in [-0.15, -0.1) is 5.10 Å². The summed E-state index contributed by atoms with van der Waals surface area (Å²) in [5.41, 5.74) is -0.0555. The van der Waals surface area contributed by atoms with E-state index in [1.165, 1.54) is 10.6 Å². The predicted octanol–water partition coefficient (Wildman–Crippen LogP) is -0.793. The number of hydrogen-bond donors (Lipinski definition) is 2. The van der Waals surface area contributed by atoms with Crippen molar-refractivity contribution in [2.75, 3.05) is 50.4 Å². The minimum absolute atomic E-state index is 0.175. The maximum atomic E-state index is 11.5. The van der Waals surface area contributed by atoms with Crippen molar-refractivity contribution in [2.24, 2.45) is 5.92 Å². The first-order valence-electron chi connectivity index (χ1n) is 8.19. The molecular weight excluding hydrogens is 330 g/mol. The Bertz CT molecular complexity index is 675. The molecule has 24 heavy (non-hydrogen) atoms. The Morgan fingerprint density at radius 3 is 2.71 bits per heavy atom. The standard InChI is InChI=1S/C15H25N5O3S/c1-12-3-4-14(18-17-12)19-8-13(9-19)7-16-10-15(21)5-6-20(11-15)24(2,22)23/h3-4,13,16,21H,5-11H2,1-2H3. The zero-order valence-electron chi connectivity index (χ0n) is 14.1. The third-order valence-corrected chi connectivity index (χ3v) is 5.97. The van der Waals surface area contributed by atoms with E-state index in [-0.39, 0.29) is 6.54 Å². The van der Waals surface area contributed by atoms with Crippen LogP contribution in [0.2, 0.25) is 0 Å². The van der Waals surface area contributed by atoms with Crippen LogP contribution in [0.25, 0.3) is 0 Å². The highest BCUT2D eigenvalue weighted by Crippen LogP contribution is 2.24. The van der Waals surface area contributed by atoms with Gasteiger partial charge in [0.15, 0.2) is 5.82 Å². The van der Waals surface area contributed by atoms with Crippen LogP contribution < -0.4 is 10.2 Å². The summed E-state index contributed by atoms with van der Waals surface area (Å²) in [5, 5.41) is 22.0. The Hall–Kier alpha value is -1.29. The molecule has 8 nitrogen and oxygen atoms in total. The number of anilines is 1. The van der Waals surface area contributed by atoms with Gasteiger partial charge in [0, 0.05) is 45.2 Å². The number of β-amino-alcohol motifs (C(OH)–C–C–N with tert-alkyl or cyclic N) is 1. The molecule has 3 heterocycles. The second-order valence-electron chi connectivity index (χ2n) is 7.01. The number of hydrogen-bond acceptors (Lipinski definition) is 7. The van der Waals surface area contributed by atoms with Gasteiger partial charge in [0.25, 0.3) is 0 Å². The van der Waals surface area contributed by atoms with Gasteiger partial charge in [0.05, 0.1) is 17.6 Å². The molecule has 0 aromatic carbocycles. The van der Waals surface area contributed by atoms with Crippen LogP contribution in [0.4, 0.5) is 5.82 Å². The lowest BCUT2D eigenvalue weighted by atomic mass is 9.99. The zero-order valence-corrected chi connectivity index (χ0v) is 15.0. The molecule has 1 aromatic rings. The molecule has 1 atom stereocenters. The van der Waals surface area contributed by atoms with Crippen molar-refractivity contribution in [3.63, 3.8) is 0 Å². The highest BCUT2D eigenvalue weighted by molar-refractivity contribution is 7.88. The highest BCUT2D eigenvalue weighted by atomic mass is 32.2. The van der Waals surface area contributed by atoms with Crippen molar-refractivity contribution in [3.8, 4) is 0 Å². The van der Waals surface area contributed by atoms with Gasteiger partial charge >= 0.3 is 0 Å². The molecule has 3 rings (SSSR count). The Kier molecular flexibility index (Phi) is 4.78. The molecule has 1 aromatic heterocycles. The van der Waals surface area contributed by atoms with E-state index in [4.69, 9.17) is 0 Å². The van der Waals surface area contributed by atoms with Crippen LogP contribution >= 0.6 is 0 Å². The van der Waals surface area contributed by atoms with Gasteiger partial charge in [0.2, 0.25) is 10.0 Å². The Balaban J connectivity index is 1.39. The average molecular weight is 355 g/mol. The molecule has 2 N–H and O–H groups in total. The SMILES string of the molecule is Cc1ccc(N2CC(CNCC3(O)CCN(S(C)(=O)=O)C3)C2)nn1. The van der Waals surface area contributed by atoms with Gasteiger partial charge in [0.1, 0.15) is 0 Å². The molecule has 9 heteroatoms. The van der Waals surface area contributed by atoms with E-state index >= 15 is 0 Å². The lowest BCUT2D eigenvalue weighted by Crippen LogP contribution is -2.53. The van der Waals surface area contributed by atoms with E-state index in [0.29, 0.717) is 25.4 Å². The predicted molar refractivity (Wildman–Crippen MR) is 91.3 cm³/mol. The van der Waals surface area contributed by atoms with Crippen LogP contribution in [0.5, 0.6) is 0 Å². The van der Waals surface area contributed by atoms with Crippen LogP contribution in [0, 0.1) is 12.8 Å². The van der Waals surface area contributed by atoms with E-state index < -0.39 is 15.6 Å². The second kappa shape index (κ2) is 6.55. The van der Waals surface area contributed by atoms with Crippen LogP contribution in [-0.2, 0) is 10.0 Å². The summed E-state index contributed by atoms with van der Waals surface area (Å²) in [4.78, 5) is 2.18. The summed E-state index contributed by atoms with van der Waals surface area (Å²) in [6, 6.07) is 3.93. The highest BCUT2D eigenvalue weighted by Gasteiger charge is 2.39. The first-order chi connectivity index (χ1) is 11.3. The fraction of sp³-hybridized carbons (Fsp3) is 0.733. The average Bonchev–Trinajstić information content (AvgIpc) is 2.86. The van der Waals surface area contributed by atoms with E-state index in [0.717, 1.165) is 31.1 Å². The van der Waals surface area contributed by atoms with Crippen molar-refractivity contribution in [1.82, 2.24) is 19.8 Å². The van der Waals surface area contributed by atoms with Crippen molar-refractivity contribution >= 4 is 15.8 Å². The third-order valence-electron chi connectivity index (χ3n) is 4.72. The van der Waals surface area contributed by atoms with E-state index in [1.54, 1.807) is 0 Å². The van der Waals surface area contributed by atoms with Gasteiger partial charge in [-0.25, -0.2) is 8.42 Å². The lowest BCUT2D eigenvalue weighted by Gasteiger charge is -2.40. The number of nitrogens with one attached hydrogen (secondary N) is 1. The molecule has 0 spiro atoms. The first kappa shape index (κ1) is 17.5. The summed E-state index contributed by atoms with van der Waals surface area (Å²) in [6.07, 6.45) is 1.66. The van der Waals surface area contributed by atoms with Gasteiger partial charge in [-0.1, -0.05) is 0 Å². The maximum absolute atomic E-state index is 11.5. The molecule has 2 saturated heterocycles. The fourth-order valence-corrected chi connectivity index (χ4v) is 4.10. The number of rotatable bonds is 6. The molecule has 2 fully saturated rings. The Morgan fingerprint density at radius 2 is 2.12 bits per heavy atom. The van der Waals surface area contributed by atoms with Crippen molar-refractivity contribution < 1.29 is 13.5 Å². The molecule has 1 unspecified atom stereocenters. The minimum atomic E-state index is -3.22. The normalized spacial score (nSPS) is 25.9. The molecule has 0 aliphatic carbocycles. The van der Waals surface area contributed by atoms with Crippen LogP contribution in [-0.4, -0.2) is 79.2 Å². The molecule has 2 aliphatic heterocycles. The summed E-state index contributed by atoms with van der Waals surface area (Å²) >= 11 is 0. The topological polar surface area (TPSA) is 98.7 Å². The summed E-state index contributed by atoms with van der Waals surface area (Å²) in [7, 11) is -3.22. The molecule has 0 amide bonds. The Labute approximate surface area is 142 Å². The molecule has 0 bridgehead atoms. The number of sulfonamides is 1. The van der Waals surface area contributed by atoms with Gasteiger partial charge < -0.3 is 15.3 Å². The zero-order chi connectivity index (χ0) is 17.4. The Morgan fingerprint density at radius 1 is 1.38 bits per heavy atom. The van der Waals surface area contributed by atoms with Crippen molar-refractivity contribution in [3.05, 3.63) is 17.8 Å². The second-order valence-corrected chi connectivity index (χ2v) is 8.99. The molecule has 0 saturated carbocycles. The largest absolute Gasteiger partial charge is 0.387 e. The van der Waals surface area contributed by atoms with Crippen molar-refractivity contribution in [1.29, 1.82) is 0 Å². The van der Waals surface area contributed by atoms with Crippen LogP contribution in [0.15, 0.2) is 12.1 Å². The first-order valence-corrected chi connectivity index (χ1v) is 10.0. The van der Waals surface area contributed by atoms with E-state index in [2.05, 4.69) is 20.4 Å². The monoisotopic (exact) mass is 355 g/mol. The third kappa shape index (κ3) is 4.02. The molecular formula is C15H25N5O3S. The molecule has 2 aliphatic rings. The van der Waals surface area contributed by atoms with Crippen molar-refractivity contribution in [2.45, 2.75) is 18.9 Å². The van der Waals surface area contributed by atoms with Gasteiger partial charge in [-0.05, 0) is 25.5 Å². The van der Waals surface area contributed by atoms with Crippen LogP contribution in [0.1, 0.15) is 12.1 Å². The number of aryl methyl sites for hydroxylation is 1. The minimum Gasteiger partial charge on any atom is -0.387 e. The maximum Gasteiger partial charge on any atom is 0.211 e.